The van der Waals surface area contributed by atoms with Gasteiger partial charge in [0, 0.05) is 18.2 Å². The third-order valence-corrected chi connectivity index (χ3v) is 2.60. The molecule has 1 heterocycles. The van der Waals surface area contributed by atoms with Crippen LogP contribution in [0.2, 0.25) is 0 Å². The van der Waals surface area contributed by atoms with E-state index in [0.717, 1.165) is 0 Å². The molecule has 0 aliphatic carbocycles. The number of hydrogen-bond acceptors (Lipinski definition) is 8. The monoisotopic (exact) mass is 292 g/mol. The zero-order valence-corrected chi connectivity index (χ0v) is 11.9. The van der Waals surface area contributed by atoms with Gasteiger partial charge in [-0.15, -0.1) is 0 Å². The molecule has 0 unspecified atom stereocenters. The van der Waals surface area contributed by atoms with Gasteiger partial charge in [-0.05, 0) is 0 Å². The van der Waals surface area contributed by atoms with Gasteiger partial charge in [0.15, 0.2) is 11.5 Å². The van der Waals surface area contributed by atoms with Crippen molar-refractivity contribution < 1.29 is 18.9 Å². The van der Waals surface area contributed by atoms with Crippen LogP contribution in [0.15, 0.2) is 18.2 Å². The minimum absolute atomic E-state index is 0.0254. The topological polar surface area (TPSA) is 115 Å². The first-order valence-electron chi connectivity index (χ1n) is 5.95. The van der Waals surface area contributed by atoms with Crippen LogP contribution in [0, 0.1) is 0 Å². The molecule has 0 atom stereocenters. The van der Waals surface area contributed by atoms with E-state index >= 15 is 0 Å². The lowest BCUT2D eigenvalue weighted by Gasteiger charge is -2.14. The standard InChI is InChI=1S/C13H16N4O4/c1-18-8-4-7(5-9(19-2)12(8)20-3)21-11-6-10(14)16-13(15)17-11/h4-6H,1-3H3,(H4,14,15,16,17). The highest BCUT2D eigenvalue weighted by Gasteiger charge is 2.15. The Kier molecular flexibility index (Phi) is 4.17. The number of anilines is 2. The van der Waals surface area contributed by atoms with E-state index < -0.39 is 0 Å². The lowest BCUT2D eigenvalue weighted by molar-refractivity contribution is 0.320. The molecule has 112 valence electrons. The fourth-order valence-electron chi connectivity index (χ4n) is 1.75. The van der Waals surface area contributed by atoms with E-state index in [1.165, 1.54) is 27.4 Å². The first-order chi connectivity index (χ1) is 10.1. The zero-order chi connectivity index (χ0) is 15.4. The molecule has 0 aliphatic heterocycles. The van der Waals surface area contributed by atoms with Crippen molar-refractivity contribution in [1.29, 1.82) is 0 Å². The van der Waals surface area contributed by atoms with Crippen molar-refractivity contribution >= 4 is 11.8 Å². The van der Waals surface area contributed by atoms with Gasteiger partial charge in [0.05, 0.1) is 21.3 Å². The number of nitrogens with two attached hydrogens (primary N) is 2. The van der Waals surface area contributed by atoms with Crippen molar-refractivity contribution in [2.45, 2.75) is 0 Å². The van der Waals surface area contributed by atoms with Crippen LogP contribution in [0.5, 0.6) is 28.9 Å². The zero-order valence-electron chi connectivity index (χ0n) is 11.9. The van der Waals surface area contributed by atoms with Gasteiger partial charge in [0.1, 0.15) is 11.6 Å². The predicted octanol–water partition coefficient (Wildman–Crippen LogP) is 1.46. The second kappa shape index (κ2) is 6.04. The third kappa shape index (κ3) is 3.16. The number of nitrogen functional groups attached to an aromatic ring is 2. The average molecular weight is 292 g/mol. The molecule has 2 aromatic rings. The van der Waals surface area contributed by atoms with Crippen LogP contribution in [-0.2, 0) is 0 Å². The lowest BCUT2D eigenvalue weighted by Crippen LogP contribution is -2.01. The number of benzene rings is 1. The highest BCUT2D eigenvalue weighted by atomic mass is 16.5. The Hall–Kier alpha value is -2.90. The van der Waals surface area contributed by atoms with Gasteiger partial charge in [0.25, 0.3) is 0 Å². The number of ether oxygens (including phenoxy) is 4. The Bertz CT molecular complexity index is 603. The third-order valence-electron chi connectivity index (χ3n) is 2.60. The summed E-state index contributed by atoms with van der Waals surface area (Å²) >= 11 is 0. The normalized spacial score (nSPS) is 10.0. The highest BCUT2D eigenvalue weighted by Crippen LogP contribution is 2.41. The van der Waals surface area contributed by atoms with Gasteiger partial charge >= 0.3 is 0 Å². The second-order valence-electron chi connectivity index (χ2n) is 3.95. The summed E-state index contributed by atoms with van der Waals surface area (Å²) in [4.78, 5) is 7.70. The molecule has 0 radical (unpaired) electrons. The maximum Gasteiger partial charge on any atom is 0.226 e. The molecule has 0 aliphatic rings. The Labute approximate surface area is 121 Å². The summed E-state index contributed by atoms with van der Waals surface area (Å²) < 4.78 is 21.3. The van der Waals surface area contributed by atoms with Gasteiger partial charge in [0.2, 0.25) is 17.6 Å². The first kappa shape index (κ1) is 14.5. The van der Waals surface area contributed by atoms with Gasteiger partial charge in [-0.2, -0.15) is 9.97 Å². The van der Waals surface area contributed by atoms with E-state index in [1.54, 1.807) is 12.1 Å². The molecule has 2 rings (SSSR count). The molecule has 1 aromatic carbocycles. The van der Waals surface area contributed by atoms with Crippen molar-refractivity contribution in [3.63, 3.8) is 0 Å². The van der Waals surface area contributed by atoms with Crippen molar-refractivity contribution in [1.82, 2.24) is 9.97 Å². The molecule has 0 saturated carbocycles. The molecule has 0 bridgehead atoms. The highest BCUT2D eigenvalue weighted by molar-refractivity contribution is 5.56. The molecule has 21 heavy (non-hydrogen) atoms. The van der Waals surface area contributed by atoms with E-state index in [-0.39, 0.29) is 17.6 Å². The Morgan fingerprint density at radius 1 is 0.857 bits per heavy atom. The van der Waals surface area contributed by atoms with E-state index in [0.29, 0.717) is 23.0 Å². The van der Waals surface area contributed by atoms with E-state index in [4.69, 9.17) is 30.4 Å². The molecule has 1 aromatic heterocycles. The number of rotatable bonds is 5. The predicted molar refractivity (Wildman–Crippen MR) is 77.0 cm³/mol. The van der Waals surface area contributed by atoms with Crippen LogP contribution in [0.4, 0.5) is 11.8 Å². The van der Waals surface area contributed by atoms with Crippen molar-refractivity contribution in [2.75, 3.05) is 32.8 Å². The molecule has 8 nitrogen and oxygen atoms in total. The molecule has 0 amide bonds. The summed E-state index contributed by atoms with van der Waals surface area (Å²) in [5.74, 6) is 2.27. The molecular formula is C13H16N4O4. The van der Waals surface area contributed by atoms with Crippen molar-refractivity contribution in [2.24, 2.45) is 0 Å². The van der Waals surface area contributed by atoms with Crippen LogP contribution in [0.3, 0.4) is 0 Å². The Morgan fingerprint density at radius 3 is 1.95 bits per heavy atom. The number of aromatic nitrogens is 2. The molecule has 0 spiro atoms. The fourth-order valence-corrected chi connectivity index (χ4v) is 1.75. The van der Waals surface area contributed by atoms with Crippen molar-refractivity contribution in [3.8, 4) is 28.9 Å². The fraction of sp³-hybridized carbons (Fsp3) is 0.231. The van der Waals surface area contributed by atoms with E-state index in [2.05, 4.69) is 9.97 Å². The molecule has 0 saturated heterocycles. The van der Waals surface area contributed by atoms with Gasteiger partial charge in [-0.25, -0.2) is 0 Å². The Balaban J connectivity index is 2.40. The summed E-state index contributed by atoms with van der Waals surface area (Å²) in [5, 5.41) is 0. The number of hydrogen-bond donors (Lipinski definition) is 2. The summed E-state index contributed by atoms with van der Waals surface area (Å²) in [6.45, 7) is 0. The van der Waals surface area contributed by atoms with Crippen LogP contribution >= 0.6 is 0 Å². The largest absolute Gasteiger partial charge is 0.493 e. The summed E-state index contributed by atoms with van der Waals surface area (Å²) in [6.07, 6.45) is 0. The van der Waals surface area contributed by atoms with Crippen LogP contribution < -0.4 is 30.4 Å². The minimum Gasteiger partial charge on any atom is -0.493 e. The molecule has 0 fully saturated rings. The lowest BCUT2D eigenvalue weighted by atomic mass is 10.2. The van der Waals surface area contributed by atoms with Crippen molar-refractivity contribution in [3.05, 3.63) is 18.2 Å². The van der Waals surface area contributed by atoms with Gasteiger partial charge < -0.3 is 30.4 Å². The van der Waals surface area contributed by atoms with E-state index in [9.17, 15) is 0 Å². The van der Waals surface area contributed by atoms with Gasteiger partial charge in [-0.3, -0.25) is 0 Å². The van der Waals surface area contributed by atoms with Crippen LogP contribution in [-0.4, -0.2) is 31.3 Å². The SMILES string of the molecule is COc1cc(Oc2cc(N)nc(N)n2)cc(OC)c1OC. The molecule has 8 heteroatoms. The maximum atomic E-state index is 5.60. The summed E-state index contributed by atoms with van der Waals surface area (Å²) in [6, 6.07) is 4.73. The number of nitrogens with zero attached hydrogens (tertiary/aromatic N) is 2. The Morgan fingerprint density at radius 2 is 1.48 bits per heavy atom. The minimum atomic E-state index is 0.0254. The van der Waals surface area contributed by atoms with Crippen LogP contribution in [0.1, 0.15) is 0 Å². The average Bonchev–Trinajstić information content (AvgIpc) is 2.45. The quantitative estimate of drug-likeness (QED) is 0.851. The first-order valence-corrected chi connectivity index (χ1v) is 5.95. The van der Waals surface area contributed by atoms with Crippen LogP contribution in [0.25, 0.3) is 0 Å². The molecular weight excluding hydrogens is 276 g/mol. The second-order valence-corrected chi connectivity index (χ2v) is 3.95. The van der Waals surface area contributed by atoms with E-state index in [1.807, 2.05) is 0 Å². The molecule has 4 N–H and O–H groups in total. The summed E-state index contributed by atoms with van der Waals surface area (Å²) in [5.41, 5.74) is 11.1. The maximum absolute atomic E-state index is 5.60. The smallest absolute Gasteiger partial charge is 0.226 e. The summed E-state index contributed by atoms with van der Waals surface area (Å²) in [7, 11) is 4.55. The number of methoxy groups -OCH3 is 3. The van der Waals surface area contributed by atoms with Gasteiger partial charge in [-0.1, -0.05) is 0 Å².